The molecule has 1 aromatic rings. The number of benzene rings is 1. The second-order valence-electron chi connectivity index (χ2n) is 4.17. The summed E-state index contributed by atoms with van der Waals surface area (Å²) in [5, 5.41) is 0. The number of hydrogen-bond acceptors (Lipinski definition) is 5. The normalized spacial score (nSPS) is 13.8. The Kier molecular flexibility index (Phi) is 6.56. The number of hydrogen-bond donors (Lipinski definition) is 0. The quantitative estimate of drug-likeness (QED) is 0.627. The Morgan fingerprint density at radius 1 is 1.05 bits per heavy atom. The van der Waals surface area contributed by atoms with Gasteiger partial charge in [0.1, 0.15) is 12.2 Å². The summed E-state index contributed by atoms with van der Waals surface area (Å²) in [6, 6.07) is 6.30. The Hall–Kier alpha value is -2.04. The van der Waals surface area contributed by atoms with E-state index in [1.165, 1.54) is 11.1 Å². The Balaban J connectivity index is 0.000000217. The molecule has 5 nitrogen and oxygen atoms in total. The van der Waals surface area contributed by atoms with Crippen molar-refractivity contribution in [2.24, 2.45) is 0 Å². The van der Waals surface area contributed by atoms with Crippen molar-refractivity contribution in [3.05, 3.63) is 29.3 Å². The SMILES string of the molecule is CCc1ccc(OC)cc1CC.O=C1CC(=O)OCO1. The first-order chi connectivity index (χ1) is 9.60. The van der Waals surface area contributed by atoms with Gasteiger partial charge in [-0.05, 0) is 36.1 Å². The predicted molar refractivity (Wildman–Crippen MR) is 73.4 cm³/mol. The van der Waals surface area contributed by atoms with Crippen LogP contribution in [-0.4, -0.2) is 25.8 Å². The van der Waals surface area contributed by atoms with Crippen LogP contribution in [0.15, 0.2) is 18.2 Å². The third-order valence-electron chi connectivity index (χ3n) is 2.90. The van der Waals surface area contributed by atoms with E-state index in [0.29, 0.717) is 0 Å². The summed E-state index contributed by atoms with van der Waals surface area (Å²) in [5.74, 6) is -0.0634. The van der Waals surface area contributed by atoms with E-state index in [9.17, 15) is 9.59 Å². The van der Waals surface area contributed by atoms with E-state index >= 15 is 0 Å². The molecule has 110 valence electrons. The first-order valence-electron chi connectivity index (χ1n) is 6.57. The molecule has 0 aromatic heterocycles. The molecule has 1 fully saturated rings. The molecule has 0 unspecified atom stereocenters. The third kappa shape index (κ3) is 4.91. The standard InChI is InChI=1S/C11H16O.C4H4O4/c1-4-9-6-7-11(12-3)8-10(9)5-2;5-3-1-4(6)8-2-7-3/h6-8H,4-5H2,1-3H3;1-2H2. The van der Waals surface area contributed by atoms with Crippen molar-refractivity contribution in [2.45, 2.75) is 33.1 Å². The Bertz CT molecular complexity index is 453. The summed E-state index contributed by atoms with van der Waals surface area (Å²) in [7, 11) is 1.71. The average Bonchev–Trinajstić information content (AvgIpc) is 2.46. The molecule has 1 aromatic carbocycles. The fraction of sp³-hybridized carbons (Fsp3) is 0.467. The van der Waals surface area contributed by atoms with Gasteiger partial charge in [-0.2, -0.15) is 0 Å². The van der Waals surface area contributed by atoms with Crippen LogP contribution in [0.4, 0.5) is 0 Å². The van der Waals surface area contributed by atoms with Crippen LogP contribution in [0.25, 0.3) is 0 Å². The van der Waals surface area contributed by atoms with E-state index < -0.39 is 11.9 Å². The van der Waals surface area contributed by atoms with Crippen molar-refractivity contribution < 1.29 is 23.8 Å². The van der Waals surface area contributed by atoms with Crippen LogP contribution in [-0.2, 0) is 31.9 Å². The highest BCUT2D eigenvalue weighted by atomic mass is 16.7. The zero-order chi connectivity index (χ0) is 15.0. The smallest absolute Gasteiger partial charge is 0.320 e. The van der Waals surface area contributed by atoms with Crippen LogP contribution in [0.2, 0.25) is 0 Å². The molecule has 1 aliphatic rings. The minimum atomic E-state index is -0.513. The molecule has 20 heavy (non-hydrogen) atoms. The van der Waals surface area contributed by atoms with Crippen molar-refractivity contribution in [1.29, 1.82) is 0 Å². The highest BCUT2D eigenvalue weighted by Crippen LogP contribution is 2.18. The summed E-state index contributed by atoms with van der Waals surface area (Å²) in [4.78, 5) is 20.3. The van der Waals surface area contributed by atoms with Crippen LogP contribution in [0.5, 0.6) is 5.75 Å². The number of aryl methyl sites for hydroxylation is 2. The molecule has 0 aliphatic carbocycles. The van der Waals surface area contributed by atoms with E-state index in [0.717, 1.165) is 18.6 Å². The number of carbonyl (C=O) groups is 2. The highest BCUT2D eigenvalue weighted by Gasteiger charge is 2.17. The lowest BCUT2D eigenvalue weighted by Gasteiger charge is -2.09. The Morgan fingerprint density at radius 3 is 2.05 bits per heavy atom. The zero-order valence-corrected chi connectivity index (χ0v) is 12.1. The van der Waals surface area contributed by atoms with Gasteiger partial charge in [0.25, 0.3) is 0 Å². The van der Waals surface area contributed by atoms with Crippen LogP contribution in [0.1, 0.15) is 31.4 Å². The van der Waals surface area contributed by atoms with Crippen LogP contribution in [0.3, 0.4) is 0 Å². The lowest BCUT2D eigenvalue weighted by atomic mass is 10.0. The number of cyclic esters (lactones) is 2. The maximum absolute atomic E-state index is 10.2. The maximum Gasteiger partial charge on any atom is 0.320 e. The first-order valence-corrected chi connectivity index (χ1v) is 6.57. The fourth-order valence-electron chi connectivity index (χ4n) is 1.78. The number of esters is 2. The molecule has 1 aliphatic heterocycles. The molecular formula is C15H20O5. The summed E-state index contributed by atoms with van der Waals surface area (Å²) >= 11 is 0. The largest absolute Gasteiger partial charge is 0.497 e. The van der Waals surface area contributed by atoms with Gasteiger partial charge in [0.05, 0.1) is 7.11 Å². The van der Waals surface area contributed by atoms with Gasteiger partial charge >= 0.3 is 11.9 Å². The molecule has 1 saturated heterocycles. The van der Waals surface area contributed by atoms with Gasteiger partial charge in [-0.3, -0.25) is 9.59 Å². The van der Waals surface area contributed by atoms with E-state index in [2.05, 4.69) is 35.5 Å². The van der Waals surface area contributed by atoms with Crippen molar-refractivity contribution >= 4 is 11.9 Å². The summed E-state index contributed by atoms with van der Waals surface area (Å²) in [6.07, 6.45) is 1.94. The van der Waals surface area contributed by atoms with Gasteiger partial charge in [-0.15, -0.1) is 0 Å². The minimum Gasteiger partial charge on any atom is -0.497 e. The highest BCUT2D eigenvalue weighted by molar-refractivity contribution is 5.92. The Labute approximate surface area is 118 Å². The van der Waals surface area contributed by atoms with Gasteiger partial charge in [0, 0.05) is 0 Å². The molecule has 0 saturated carbocycles. The second kappa shape index (κ2) is 8.19. The fourth-order valence-corrected chi connectivity index (χ4v) is 1.78. The van der Waals surface area contributed by atoms with E-state index in [1.54, 1.807) is 7.11 Å². The molecule has 5 heteroatoms. The van der Waals surface area contributed by atoms with Crippen molar-refractivity contribution in [2.75, 3.05) is 13.9 Å². The lowest BCUT2D eigenvalue weighted by molar-refractivity contribution is -0.181. The molecule has 0 atom stereocenters. The number of rotatable bonds is 3. The monoisotopic (exact) mass is 280 g/mol. The molecular weight excluding hydrogens is 260 g/mol. The summed E-state index contributed by atoms with van der Waals surface area (Å²) in [6.45, 7) is 4.13. The molecule has 1 heterocycles. The van der Waals surface area contributed by atoms with Crippen LogP contribution < -0.4 is 4.74 Å². The molecule has 0 radical (unpaired) electrons. The number of carbonyl (C=O) groups excluding carboxylic acids is 2. The molecule has 0 amide bonds. The number of methoxy groups -OCH3 is 1. The third-order valence-corrected chi connectivity index (χ3v) is 2.90. The minimum absolute atomic E-state index is 0.225. The maximum atomic E-state index is 10.2. The molecule has 0 bridgehead atoms. The van der Waals surface area contributed by atoms with Gasteiger partial charge in [-0.1, -0.05) is 19.9 Å². The predicted octanol–water partition coefficient (Wildman–Crippen LogP) is 2.25. The van der Waals surface area contributed by atoms with E-state index in [-0.39, 0.29) is 13.2 Å². The summed E-state index contributed by atoms with van der Waals surface area (Å²) < 4.78 is 13.7. The number of ether oxygens (including phenoxy) is 3. The van der Waals surface area contributed by atoms with E-state index in [4.69, 9.17) is 4.74 Å². The first kappa shape index (κ1) is 16.0. The lowest BCUT2D eigenvalue weighted by Crippen LogP contribution is -2.22. The van der Waals surface area contributed by atoms with Crippen molar-refractivity contribution in [1.82, 2.24) is 0 Å². The molecule has 2 rings (SSSR count). The van der Waals surface area contributed by atoms with Gasteiger partial charge in [0.2, 0.25) is 6.79 Å². The molecule has 0 spiro atoms. The Morgan fingerprint density at radius 2 is 1.65 bits per heavy atom. The van der Waals surface area contributed by atoms with Crippen molar-refractivity contribution in [3.63, 3.8) is 0 Å². The summed E-state index contributed by atoms with van der Waals surface area (Å²) in [5.41, 5.74) is 2.83. The van der Waals surface area contributed by atoms with Gasteiger partial charge in [0.15, 0.2) is 0 Å². The second-order valence-corrected chi connectivity index (χ2v) is 4.17. The van der Waals surface area contributed by atoms with Crippen molar-refractivity contribution in [3.8, 4) is 5.75 Å². The zero-order valence-electron chi connectivity index (χ0n) is 12.1. The van der Waals surface area contributed by atoms with Gasteiger partial charge < -0.3 is 14.2 Å². The van der Waals surface area contributed by atoms with E-state index in [1.807, 2.05) is 6.07 Å². The topological polar surface area (TPSA) is 61.8 Å². The van der Waals surface area contributed by atoms with Gasteiger partial charge in [-0.25, -0.2) is 0 Å². The van der Waals surface area contributed by atoms with Crippen LogP contribution in [0, 0.1) is 0 Å². The van der Waals surface area contributed by atoms with Crippen LogP contribution >= 0.6 is 0 Å². The average molecular weight is 280 g/mol. The molecule has 0 N–H and O–H groups in total.